The Morgan fingerprint density at radius 2 is 1.74 bits per heavy atom. The van der Waals surface area contributed by atoms with Gasteiger partial charge in [-0.3, -0.25) is 14.4 Å². The monoisotopic (exact) mass is 585 g/mol. The van der Waals surface area contributed by atoms with E-state index in [2.05, 4.69) is 10.4 Å². The molecule has 11 nitrogen and oxygen atoms in total. The van der Waals surface area contributed by atoms with Gasteiger partial charge in [-0.15, -0.1) is 0 Å². The van der Waals surface area contributed by atoms with Crippen LogP contribution in [0.2, 0.25) is 0 Å². The molecule has 4 amide bonds. The van der Waals surface area contributed by atoms with Crippen molar-refractivity contribution in [3.63, 3.8) is 0 Å². The molecule has 0 spiro atoms. The van der Waals surface area contributed by atoms with Crippen LogP contribution in [0, 0.1) is 5.41 Å². The van der Waals surface area contributed by atoms with Crippen LogP contribution in [0.1, 0.15) is 25.8 Å². The minimum absolute atomic E-state index is 0.128. The SMILES string of the molecule is CC(C)(OC(N)=O)C(=O)N[C@H](COc1ccccc1)C(=O)N1CCC2=NN(CC(F)F)C(=O)C2(Cc2ccccc2)C1. The first kappa shape index (κ1) is 30.4. The fourth-order valence-electron chi connectivity index (χ4n) is 5.09. The van der Waals surface area contributed by atoms with Gasteiger partial charge in [0.25, 0.3) is 18.2 Å². The third-order valence-corrected chi connectivity index (χ3v) is 7.15. The summed E-state index contributed by atoms with van der Waals surface area (Å²) in [6, 6.07) is 16.4. The van der Waals surface area contributed by atoms with E-state index in [0.29, 0.717) is 11.5 Å². The van der Waals surface area contributed by atoms with Crippen molar-refractivity contribution in [2.45, 2.75) is 44.8 Å². The highest BCUT2D eigenvalue weighted by Crippen LogP contribution is 2.39. The molecule has 0 bridgehead atoms. The van der Waals surface area contributed by atoms with E-state index in [4.69, 9.17) is 15.2 Å². The second-order valence-corrected chi connectivity index (χ2v) is 10.7. The molecule has 1 unspecified atom stereocenters. The normalized spacial score (nSPS) is 19.2. The zero-order valence-corrected chi connectivity index (χ0v) is 23.3. The summed E-state index contributed by atoms with van der Waals surface area (Å²) in [5.41, 5.74) is 3.25. The van der Waals surface area contributed by atoms with Gasteiger partial charge in [0, 0.05) is 19.5 Å². The summed E-state index contributed by atoms with van der Waals surface area (Å²) in [6.45, 7) is 1.49. The Bertz CT molecular complexity index is 1340. The van der Waals surface area contributed by atoms with Crippen molar-refractivity contribution >= 4 is 29.5 Å². The van der Waals surface area contributed by atoms with E-state index in [1.807, 2.05) is 18.2 Å². The number of carbonyl (C=O) groups excluding carboxylic acids is 4. The highest BCUT2D eigenvalue weighted by atomic mass is 19.3. The quantitative estimate of drug-likeness (QED) is 0.415. The molecule has 4 rings (SSSR count). The average molecular weight is 586 g/mol. The zero-order chi connectivity index (χ0) is 30.5. The standard InChI is InChI=1S/C29H33F2N5O6/c1-28(2,42-27(32)40)25(38)33-21(17-41-20-11-7-4-8-12-20)24(37)35-14-13-22-29(18-35,15-19-9-5-3-6-10-19)26(39)36(34-22)16-23(30)31/h3-12,21,23H,13-18H2,1-2H3,(H2,32,40)(H,33,38)/t21-,29?/m1/s1. The number of rotatable bonds is 11. The highest BCUT2D eigenvalue weighted by Gasteiger charge is 2.55. The lowest BCUT2D eigenvalue weighted by Crippen LogP contribution is -2.61. The maximum Gasteiger partial charge on any atom is 0.405 e. The van der Waals surface area contributed by atoms with Gasteiger partial charge in [0.05, 0.1) is 5.71 Å². The van der Waals surface area contributed by atoms with Crippen molar-refractivity contribution in [1.29, 1.82) is 0 Å². The van der Waals surface area contributed by atoms with Crippen molar-refractivity contribution in [3.05, 3.63) is 66.2 Å². The lowest BCUT2D eigenvalue weighted by molar-refractivity contribution is -0.146. The van der Waals surface area contributed by atoms with E-state index in [-0.39, 0.29) is 32.5 Å². The summed E-state index contributed by atoms with van der Waals surface area (Å²) in [7, 11) is 0. The van der Waals surface area contributed by atoms with Crippen LogP contribution < -0.4 is 15.8 Å². The molecular formula is C29H33F2N5O6. The van der Waals surface area contributed by atoms with Gasteiger partial charge in [-0.2, -0.15) is 5.10 Å². The maximum atomic E-state index is 14.0. The van der Waals surface area contributed by atoms with Gasteiger partial charge in [0.1, 0.15) is 30.4 Å². The smallest absolute Gasteiger partial charge is 0.405 e. The molecule has 0 saturated carbocycles. The van der Waals surface area contributed by atoms with E-state index in [0.717, 1.165) is 10.6 Å². The molecular weight excluding hydrogens is 552 g/mol. The number of halogens is 2. The van der Waals surface area contributed by atoms with Gasteiger partial charge in [0.15, 0.2) is 5.60 Å². The van der Waals surface area contributed by atoms with Crippen LogP contribution in [-0.2, 0) is 25.5 Å². The van der Waals surface area contributed by atoms with Crippen LogP contribution in [-0.4, -0.2) is 83.7 Å². The molecule has 2 atom stereocenters. The third-order valence-electron chi connectivity index (χ3n) is 7.15. The fourth-order valence-corrected chi connectivity index (χ4v) is 5.09. The van der Waals surface area contributed by atoms with Crippen LogP contribution in [0.15, 0.2) is 65.8 Å². The topological polar surface area (TPSA) is 144 Å². The van der Waals surface area contributed by atoms with Crippen molar-refractivity contribution in [2.75, 3.05) is 26.2 Å². The minimum atomic E-state index is -2.79. The number of carbonyl (C=O) groups is 4. The molecule has 0 radical (unpaired) electrons. The summed E-state index contributed by atoms with van der Waals surface area (Å²) in [5, 5.41) is 7.63. The van der Waals surface area contributed by atoms with Crippen molar-refractivity contribution in [3.8, 4) is 5.75 Å². The summed E-state index contributed by atoms with van der Waals surface area (Å²) < 4.78 is 37.3. The summed E-state index contributed by atoms with van der Waals surface area (Å²) >= 11 is 0. The summed E-state index contributed by atoms with van der Waals surface area (Å²) in [4.78, 5) is 53.4. The molecule has 42 heavy (non-hydrogen) atoms. The number of hydrogen-bond donors (Lipinski definition) is 2. The summed E-state index contributed by atoms with van der Waals surface area (Å²) in [6.07, 6.45) is -3.64. The molecule has 2 aromatic carbocycles. The van der Waals surface area contributed by atoms with E-state index < -0.39 is 53.8 Å². The average Bonchev–Trinajstić information content (AvgIpc) is 3.20. The minimum Gasteiger partial charge on any atom is -0.491 e. The molecule has 1 saturated heterocycles. The summed E-state index contributed by atoms with van der Waals surface area (Å²) in [5.74, 6) is -1.54. The number of amides is 4. The van der Waals surface area contributed by atoms with E-state index >= 15 is 0 Å². The first-order valence-electron chi connectivity index (χ1n) is 13.4. The fraction of sp³-hybridized carbons (Fsp3) is 0.414. The Kier molecular flexibility index (Phi) is 9.08. The van der Waals surface area contributed by atoms with Gasteiger partial charge < -0.3 is 25.4 Å². The Morgan fingerprint density at radius 1 is 1.10 bits per heavy atom. The number of benzene rings is 2. The van der Waals surface area contributed by atoms with Crippen LogP contribution in [0.4, 0.5) is 13.6 Å². The largest absolute Gasteiger partial charge is 0.491 e. The molecule has 2 aliphatic heterocycles. The van der Waals surface area contributed by atoms with Crippen LogP contribution >= 0.6 is 0 Å². The highest BCUT2D eigenvalue weighted by molar-refractivity contribution is 6.14. The van der Waals surface area contributed by atoms with Gasteiger partial charge >= 0.3 is 6.09 Å². The lowest BCUT2D eigenvalue weighted by atomic mass is 9.73. The lowest BCUT2D eigenvalue weighted by Gasteiger charge is -2.41. The van der Waals surface area contributed by atoms with Crippen LogP contribution in [0.3, 0.4) is 0 Å². The van der Waals surface area contributed by atoms with E-state index in [1.54, 1.807) is 42.5 Å². The molecule has 0 aromatic heterocycles. The molecule has 2 aromatic rings. The van der Waals surface area contributed by atoms with Gasteiger partial charge in [-0.25, -0.2) is 18.6 Å². The molecule has 2 aliphatic rings. The van der Waals surface area contributed by atoms with Crippen LogP contribution in [0.5, 0.6) is 5.75 Å². The molecule has 224 valence electrons. The van der Waals surface area contributed by atoms with Gasteiger partial charge in [0.2, 0.25) is 5.91 Å². The predicted molar refractivity (Wildman–Crippen MR) is 148 cm³/mol. The number of nitrogens with one attached hydrogen (secondary N) is 1. The number of ether oxygens (including phenoxy) is 2. The Labute approximate surface area is 241 Å². The molecule has 3 N–H and O–H groups in total. The Hall–Kier alpha value is -4.55. The Morgan fingerprint density at radius 3 is 2.36 bits per heavy atom. The van der Waals surface area contributed by atoms with E-state index in [9.17, 15) is 28.0 Å². The number of alkyl halides is 2. The number of piperidine rings is 1. The van der Waals surface area contributed by atoms with Gasteiger partial charge in [-0.05, 0) is 38.0 Å². The number of hydrazone groups is 1. The van der Waals surface area contributed by atoms with Crippen molar-refractivity contribution in [1.82, 2.24) is 15.2 Å². The number of nitrogens with two attached hydrogens (primary N) is 1. The van der Waals surface area contributed by atoms with Crippen molar-refractivity contribution < 1.29 is 37.4 Å². The molecule has 2 heterocycles. The maximum absolute atomic E-state index is 14.0. The van der Waals surface area contributed by atoms with E-state index in [1.165, 1.54) is 18.7 Å². The molecule has 13 heteroatoms. The third kappa shape index (κ3) is 6.84. The first-order valence-corrected chi connectivity index (χ1v) is 13.4. The van der Waals surface area contributed by atoms with Crippen LogP contribution in [0.25, 0.3) is 0 Å². The second-order valence-electron chi connectivity index (χ2n) is 10.7. The number of para-hydroxylation sites is 1. The number of fused-ring (bicyclic) bond motifs is 1. The predicted octanol–water partition coefficient (Wildman–Crippen LogP) is 2.35. The number of primary amides is 1. The van der Waals surface area contributed by atoms with Crippen molar-refractivity contribution in [2.24, 2.45) is 16.3 Å². The molecule has 0 aliphatic carbocycles. The Balaban J connectivity index is 1.61. The zero-order valence-electron chi connectivity index (χ0n) is 23.3. The first-order chi connectivity index (χ1) is 19.9. The number of nitrogens with zero attached hydrogens (tertiary/aromatic N) is 3. The number of likely N-dealkylation sites (tertiary alicyclic amines) is 1. The number of hydrogen-bond acceptors (Lipinski definition) is 7. The molecule has 1 fully saturated rings. The second kappa shape index (κ2) is 12.5. The van der Waals surface area contributed by atoms with Gasteiger partial charge in [-0.1, -0.05) is 48.5 Å².